The van der Waals surface area contributed by atoms with Crippen molar-refractivity contribution in [2.75, 3.05) is 25.6 Å². The van der Waals surface area contributed by atoms with Gasteiger partial charge in [-0.15, -0.1) is 0 Å². The highest BCUT2D eigenvalue weighted by Gasteiger charge is 2.08. The van der Waals surface area contributed by atoms with Crippen LogP contribution in [0, 0.1) is 0 Å². The molecule has 6 heteroatoms. The van der Waals surface area contributed by atoms with Crippen LogP contribution in [0.25, 0.3) is 10.4 Å². The van der Waals surface area contributed by atoms with Crippen LogP contribution in [-0.2, 0) is 4.74 Å². The zero-order chi connectivity index (χ0) is 13.0. The molecular formula is C12H12Cl2N2OS. The molecule has 0 saturated heterocycles. The van der Waals surface area contributed by atoms with Crippen molar-refractivity contribution in [1.82, 2.24) is 4.98 Å². The van der Waals surface area contributed by atoms with Gasteiger partial charge in [-0.2, -0.15) is 0 Å². The van der Waals surface area contributed by atoms with Crippen LogP contribution >= 0.6 is 34.5 Å². The van der Waals surface area contributed by atoms with Gasteiger partial charge in [0.05, 0.1) is 16.5 Å². The minimum absolute atomic E-state index is 0.631. The minimum Gasteiger partial charge on any atom is -0.383 e. The van der Waals surface area contributed by atoms with Crippen LogP contribution < -0.4 is 5.32 Å². The van der Waals surface area contributed by atoms with Gasteiger partial charge in [-0.05, 0) is 12.1 Å². The molecule has 0 atom stereocenters. The average Bonchev–Trinajstić information content (AvgIpc) is 2.78. The van der Waals surface area contributed by atoms with E-state index >= 15 is 0 Å². The van der Waals surface area contributed by atoms with Crippen LogP contribution in [0.2, 0.25) is 10.0 Å². The molecule has 1 aromatic carbocycles. The van der Waals surface area contributed by atoms with Gasteiger partial charge in [0, 0.05) is 30.4 Å². The normalized spacial score (nSPS) is 10.6. The maximum atomic E-state index is 6.15. The van der Waals surface area contributed by atoms with E-state index in [-0.39, 0.29) is 0 Å². The summed E-state index contributed by atoms with van der Waals surface area (Å²) in [4.78, 5) is 5.30. The van der Waals surface area contributed by atoms with E-state index in [4.69, 9.17) is 27.9 Å². The Labute approximate surface area is 120 Å². The molecule has 96 valence electrons. The molecule has 0 saturated carbocycles. The van der Waals surface area contributed by atoms with Crippen molar-refractivity contribution in [3.63, 3.8) is 0 Å². The van der Waals surface area contributed by atoms with Crippen molar-refractivity contribution >= 4 is 39.7 Å². The number of hydrogen-bond acceptors (Lipinski definition) is 4. The smallest absolute Gasteiger partial charge is 0.183 e. The second kappa shape index (κ2) is 6.38. The number of ether oxygens (including phenoxy) is 1. The monoisotopic (exact) mass is 302 g/mol. The first-order valence-corrected chi connectivity index (χ1v) is 6.92. The zero-order valence-electron chi connectivity index (χ0n) is 9.74. The summed E-state index contributed by atoms with van der Waals surface area (Å²) in [6.07, 6.45) is 1.80. The number of nitrogens with zero attached hydrogens (tertiary/aromatic N) is 1. The molecule has 2 aromatic rings. The van der Waals surface area contributed by atoms with Gasteiger partial charge in [0.15, 0.2) is 5.13 Å². The summed E-state index contributed by atoms with van der Waals surface area (Å²) in [7, 11) is 1.67. The Kier molecular flexibility index (Phi) is 4.83. The maximum absolute atomic E-state index is 6.15. The highest BCUT2D eigenvalue weighted by Crippen LogP contribution is 2.35. The van der Waals surface area contributed by atoms with Crippen LogP contribution in [0.3, 0.4) is 0 Å². The molecule has 2 rings (SSSR count). The Balaban J connectivity index is 2.13. The Morgan fingerprint density at radius 2 is 2.22 bits per heavy atom. The summed E-state index contributed by atoms with van der Waals surface area (Å²) in [5.41, 5.74) is 0.943. The van der Waals surface area contributed by atoms with E-state index in [1.807, 2.05) is 12.1 Å². The third-order valence-electron chi connectivity index (χ3n) is 2.28. The summed E-state index contributed by atoms with van der Waals surface area (Å²) in [5.74, 6) is 0. The molecule has 0 aliphatic rings. The highest BCUT2D eigenvalue weighted by atomic mass is 35.5. The molecule has 0 radical (unpaired) electrons. The fraction of sp³-hybridized carbons (Fsp3) is 0.250. The standard InChI is InChI=1S/C12H12Cl2N2OS/c1-17-5-4-15-12-16-7-11(18-12)9-3-2-8(13)6-10(9)14/h2-3,6-7H,4-5H2,1H3,(H,15,16). The molecule has 0 aliphatic carbocycles. The van der Waals surface area contributed by atoms with Gasteiger partial charge < -0.3 is 10.1 Å². The number of hydrogen-bond donors (Lipinski definition) is 1. The molecule has 1 N–H and O–H groups in total. The lowest BCUT2D eigenvalue weighted by atomic mass is 10.2. The zero-order valence-corrected chi connectivity index (χ0v) is 12.1. The molecule has 0 unspecified atom stereocenters. The van der Waals surface area contributed by atoms with Crippen molar-refractivity contribution in [2.24, 2.45) is 0 Å². The van der Waals surface area contributed by atoms with Crippen molar-refractivity contribution < 1.29 is 4.74 Å². The van der Waals surface area contributed by atoms with Gasteiger partial charge in [-0.1, -0.05) is 40.6 Å². The van der Waals surface area contributed by atoms with Crippen LogP contribution in [0.4, 0.5) is 5.13 Å². The Morgan fingerprint density at radius 1 is 1.39 bits per heavy atom. The molecule has 1 aromatic heterocycles. The third kappa shape index (κ3) is 3.36. The van der Waals surface area contributed by atoms with E-state index in [9.17, 15) is 0 Å². The average molecular weight is 303 g/mol. The van der Waals surface area contributed by atoms with Gasteiger partial charge in [-0.3, -0.25) is 0 Å². The number of anilines is 1. The lowest BCUT2D eigenvalue weighted by Crippen LogP contribution is -2.06. The lowest BCUT2D eigenvalue weighted by Gasteiger charge is -2.01. The fourth-order valence-corrected chi connectivity index (χ4v) is 2.88. The number of halogens is 2. The number of aromatic nitrogens is 1. The van der Waals surface area contributed by atoms with E-state index in [1.54, 1.807) is 30.7 Å². The minimum atomic E-state index is 0.631. The number of thiazole rings is 1. The molecule has 0 spiro atoms. The predicted molar refractivity (Wildman–Crippen MR) is 77.9 cm³/mol. The fourth-order valence-electron chi connectivity index (χ4n) is 1.43. The molecular weight excluding hydrogens is 291 g/mol. The Morgan fingerprint density at radius 3 is 2.94 bits per heavy atom. The quantitative estimate of drug-likeness (QED) is 0.842. The van der Waals surface area contributed by atoms with Crippen LogP contribution in [0.1, 0.15) is 0 Å². The number of benzene rings is 1. The SMILES string of the molecule is COCCNc1ncc(-c2ccc(Cl)cc2Cl)s1. The first-order chi connectivity index (χ1) is 8.70. The van der Waals surface area contributed by atoms with E-state index in [0.29, 0.717) is 16.7 Å². The molecule has 0 bridgehead atoms. The second-order valence-electron chi connectivity index (χ2n) is 3.57. The van der Waals surface area contributed by atoms with Crippen LogP contribution in [0.15, 0.2) is 24.4 Å². The maximum Gasteiger partial charge on any atom is 0.183 e. The van der Waals surface area contributed by atoms with Crippen LogP contribution in [-0.4, -0.2) is 25.2 Å². The number of nitrogens with one attached hydrogen (secondary N) is 1. The van der Waals surface area contributed by atoms with Crippen molar-refractivity contribution in [3.8, 4) is 10.4 Å². The summed E-state index contributed by atoms with van der Waals surface area (Å²) >= 11 is 13.6. The van der Waals surface area contributed by atoms with Gasteiger partial charge in [-0.25, -0.2) is 4.98 Å². The Hall–Kier alpha value is -0.810. The molecule has 3 nitrogen and oxygen atoms in total. The molecule has 0 aliphatic heterocycles. The Bertz CT molecular complexity index is 531. The number of methoxy groups -OCH3 is 1. The third-order valence-corrected chi connectivity index (χ3v) is 3.82. The van der Waals surface area contributed by atoms with Crippen molar-refractivity contribution in [2.45, 2.75) is 0 Å². The molecule has 0 fully saturated rings. The highest BCUT2D eigenvalue weighted by molar-refractivity contribution is 7.18. The van der Waals surface area contributed by atoms with Crippen LogP contribution in [0.5, 0.6) is 0 Å². The first-order valence-electron chi connectivity index (χ1n) is 5.35. The van der Waals surface area contributed by atoms with E-state index < -0.39 is 0 Å². The largest absolute Gasteiger partial charge is 0.383 e. The summed E-state index contributed by atoms with van der Waals surface area (Å²) < 4.78 is 4.97. The second-order valence-corrected chi connectivity index (χ2v) is 5.45. The van der Waals surface area contributed by atoms with E-state index in [1.165, 1.54) is 0 Å². The van der Waals surface area contributed by atoms with E-state index in [0.717, 1.165) is 22.1 Å². The molecule has 18 heavy (non-hydrogen) atoms. The molecule has 1 heterocycles. The first kappa shape index (κ1) is 13.6. The lowest BCUT2D eigenvalue weighted by molar-refractivity contribution is 0.211. The van der Waals surface area contributed by atoms with E-state index in [2.05, 4.69) is 10.3 Å². The number of rotatable bonds is 5. The van der Waals surface area contributed by atoms with Crippen molar-refractivity contribution in [1.29, 1.82) is 0 Å². The summed E-state index contributed by atoms with van der Waals surface area (Å²) in [5, 5.41) is 5.30. The van der Waals surface area contributed by atoms with Gasteiger partial charge in [0.1, 0.15) is 0 Å². The van der Waals surface area contributed by atoms with Gasteiger partial charge in [0.2, 0.25) is 0 Å². The summed E-state index contributed by atoms with van der Waals surface area (Å²) in [6.45, 7) is 1.38. The van der Waals surface area contributed by atoms with Gasteiger partial charge in [0.25, 0.3) is 0 Å². The predicted octanol–water partition coefficient (Wildman–Crippen LogP) is 4.18. The van der Waals surface area contributed by atoms with Gasteiger partial charge >= 0.3 is 0 Å². The van der Waals surface area contributed by atoms with Crippen molar-refractivity contribution in [3.05, 3.63) is 34.4 Å². The molecule has 0 amide bonds. The summed E-state index contributed by atoms with van der Waals surface area (Å²) in [6, 6.07) is 5.45. The topological polar surface area (TPSA) is 34.1 Å².